The monoisotopic (exact) mass is 311 g/mol. The van der Waals surface area contributed by atoms with Gasteiger partial charge in [-0.15, -0.1) is 0 Å². The lowest BCUT2D eigenvalue weighted by Gasteiger charge is -2.04. The van der Waals surface area contributed by atoms with Crippen LogP contribution in [0.1, 0.15) is 30.2 Å². The second-order valence-electron chi connectivity index (χ2n) is 4.11. The molecule has 94 valence electrons. The Hall–Kier alpha value is -1.56. The van der Waals surface area contributed by atoms with Gasteiger partial charge in [0, 0.05) is 17.8 Å². The molecule has 0 fully saturated rings. The van der Waals surface area contributed by atoms with E-state index in [9.17, 15) is 9.18 Å². The number of rotatable bonds is 3. The molecule has 2 aromatic heterocycles. The SMILES string of the molecule is CC(C)n1cc(C=O)c(-c2cc(Br)ncc2F)n1. The van der Waals surface area contributed by atoms with Crippen molar-refractivity contribution in [3.63, 3.8) is 0 Å². The first-order valence-corrected chi connectivity index (χ1v) is 6.18. The van der Waals surface area contributed by atoms with E-state index in [-0.39, 0.29) is 11.6 Å². The molecule has 0 bridgehead atoms. The fourth-order valence-electron chi connectivity index (χ4n) is 1.56. The van der Waals surface area contributed by atoms with Crippen LogP contribution in [0.5, 0.6) is 0 Å². The van der Waals surface area contributed by atoms with Crippen molar-refractivity contribution >= 4 is 22.2 Å². The Labute approximate surface area is 112 Å². The van der Waals surface area contributed by atoms with Gasteiger partial charge in [-0.25, -0.2) is 9.37 Å². The van der Waals surface area contributed by atoms with Crippen LogP contribution in [0.3, 0.4) is 0 Å². The minimum absolute atomic E-state index is 0.103. The van der Waals surface area contributed by atoms with E-state index in [4.69, 9.17) is 0 Å². The highest BCUT2D eigenvalue weighted by atomic mass is 79.9. The average Bonchev–Trinajstić information content (AvgIpc) is 2.76. The first-order chi connectivity index (χ1) is 8.52. The van der Waals surface area contributed by atoms with Crippen LogP contribution in [-0.2, 0) is 0 Å². The topological polar surface area (TPSA) is 47.8 Å². The average molecular weight is 312 g/mol. The van der Waals surface area contributed by atoms with Crippen LogP contribution in [-0.4, -0.2) is 21.1 Å². The smallest absolute Gasteiger partial charge is 0.153 e. The van der Waals surface area contributed by atoms with Crippen LogP contribution in [0.15, 0.2) is 23.1 Å². The highest BCUT2D eigenvalue weighted by Crippen LogP contribution is 2.26. The number of aldehydes is 1. The molecule has 0 aliphatic carbocycles. The van der Waals surface area contributed by atoms with Crippen molar-refractivity contribution < 1.29 is 9.18 Å². The number of aromatic nitrogens is 3. The predicted molar refractivity (Wildman–Crippen MR) is 68.9 cm³/mol. The van der Waals surface area contributed by atoms with Gasteiger partial charge in [-0.1, -0.05) is 0 Å². The number of nitrogens with zero attached hydrogens (tertiary/aromatic N) is 3. The molecule has 0 amide bonds. The molecule has 0 atom stereocenters. The molecule has 0 unspecified atom stereocenters. The van der Waals surface area contributed by atoms with E-state index >= 15 is 0 Å². The summed E-state index contributed by atoms with van der Waals surface area (Å²) in [5.41, 5.74) is 0.957. The van der Waals surface area contributed by atoms with Gasteiger partial charge in [0.05, 0.1) is 11.8 Å². The van der Waals surface area contributed by atoms with E-state index in [0.29, 0.717) is 22.1 Å². The van der Waals surface area contributed by atoms with Crippen LogP contribution in [0, 0.1) is 5.82 Å². The lowest BCUT2D eigenvalue weighted by molar-refractivity contribution is 0.112. The van der Waals surface area contributed by atoms with Gasteiger partial charge >= 0.3 is 0 Å². The largest absolute Gasteiger partial charge is 0.298 e. The Kier molecular flexibility index (Phi) is 3.56. The van der Waals surface area contributed by atoms with E-state index in [1.54, 1.807) is 10.9 Å². The van der Waals surface area contributed by atoms with Gasteiger partial charge < -0.3 is 0 Å². The van der Waals surface area contributed by atoms with Gasteiger partial charge in [0.25, 0.3) is 0 Å². The summed E-state index contributed by atoms with van der Waals surface area (Å²) >= 11 is 3.18. The van der Waals surface area contributed by atoms with Crippen LogP contribution < -0.4 is 0 Å². The van der Waals surface area contributed by atoms with Crippen molar-refractivity contribution in [2.75, 3.05) is 0 Å². The van der Waals surface area contributed by atoms with Gasteiger partial charge in [-0.05, 0) is 35.8 Å². The summed E-state index contributed by atoms with van der Waals surface area (Å²) in [6, 6.07) is 1.61. The molecule has 4 nitrogen and oxygen atoms in total. The third-order valence-corrected chi connectivity index (χ3v) is 2.93. The Morgan fingerprint density at radius 1 is 1.50 bits per heavy atom. The Bertz CT molecular complexity index is 595. The maximum atomic E-state index is 13.7. The number of pyridine rings is 1. The molecule has 0 aliphatic heterocycles. The van der Waals surface area contributed by atoms with E-state index in [0.717, 1.165) is 6.20 Å². The fourth-order valence-corrected chi connectivity index (χ4v) is 1.89. The molecular formula is C12H11BrFN3O. The second-order valence-corrected chi connectivity index (χ2v) is 4.92. The third kappa shape index (κ3) is 2.33. The highest BCUT2D eigenvalue weighted by Gasteiger charge is 2.16. The molecule has 18 heavy (non-hydrogen) atoms. The molecule has 0 saturated heterocycles. The zero-order valence-corrected chi connectivity index (χ0v) is 11.5. The summed E-state index contributed by atoms with van der Waals surface area (Å²) in [4.78, 5) is 14.8. The summed E-state index contributed by atoms with van der Waals surface area (Å²) in [6.45, 7) is 3.87. The summed E-state index contributed by atoms with van der Waals surface area (Å²) in [7, 11) is 0. The summed E-state index contributed by atoms with van der Waals surface area (Å²) in [5, 5.41) is 4.25. The van der Waals surface area contributed by atoms with Crippen LogP contribution in [0.2, 0.25) is 0 Å². The number of hydrogen-bond acceptors (Lipinski definition) is 3. The number of carbonyl (C=O) groups is 1. The van der Waals surface area contributed by atoms with Crippen LogP contribution in [0.4, 0.5) is 4.39 Å². The normalized spacial score (nSPS) is 10.9. The quantitative estimate of drug-likeness (QED) is 0.646. The van der Waals surface area contributed by atoms with Gasteiger partial charge in [0.2, 0.25) is 0 Å². The highest BCUT2D eigenvalue weighted by molar-refractivity contribution is 9.10. The zero-order chi connectivity index (χ0) is 13.3. The summed E-state index contributed by atoms with van der Waals surface area (Å²) in [5.74, 6) is -0.504. The molecule has 2 heterocycles. The molecule has 0 aromatic carbocycles. The van der Waals surface area contributed by atoms with Gasteiger partial charge in [0.15, 0.2) is 12.1 Å². The molecule has 2 rings (SSSR count). The fraction of sp³-hybridized carbons (Fsp3) is 0.250. The lowest BCUT2D eigenvalue weighted by Crippen LogP contribution is -2.01. The first kappa shape index (κ1) is 12.9. The van der Waals surface area contributed by atoms with E-state index in [1.165, 1.54) is 6.07 Å². The Morgan fingerprint density at radius 2 is 2.22 bits per heavy atom. The van der Waals surface area contributed by atoms with Crippen molar-refractivity contribution in [1.29, 1.82) is 0 Å². The molecule has 0 N–H and O–H groups in total. The lowest BCUT2D eigenvalue weighted by atomic mass is 10.1. The minimum atomic E-state index is -0.504. The molecular weight excluding hydrogens is 301 g/mol. The number of halogens is 2. The maximum Gasteiger partial charge on any atom is 0.153 e. The Morgan fingerprint density at radius 3 is 2.83 bits per heavy atom. The van der Waals surface area contributed by atoms with Gasteiger partial charge in [-0.3, -0.25) is 9.48 Å². The number of carbonyl (C=O) groups excluding carboxylic acids is 1. The van der Waals surface area contributed by atoms with E-state index in [2.05, 4.69) is 26.0 Å². The maximum absolute atomic E-state index is 13.7. The molecule has 6 heteroatoms. The van der Waals surface area contributed by atoms with Crippen molar-refractivity contribution in [2.45, 2.75) is 19.9 Å². The summed E-state index contributed by atoms with van der Waals surface area (Å²) in [6.07, 6.45) is 3.39. The third-order valence-electron chi connectivity index (χ3n) is 2.49. The van der Waals surface area contributed by atoms with Crippen molar-refractivity contribution in [1.82, 2.24) is 14.8 Å². The molecule has 2 aromatic rings. The first-order valence-electron chi connectivity index (χ1n) is 5.38. The van der Waals surface area contributed by atoms with Crippen molar-refractivity contribution in [3.8, 4) is 11.3 Å². The second kappa shape index (κ2) is 4.97. The standard InChI is InChI=1S/C12H11BrFN3O/c1-7(2)17-5-8(6-18)12(16-17)9-3-11(13)15-4-10(9)14/h3-7H,1-2H3. The predicted octanol–water partition coefficient (Wildman–Crippen LogP) is 3.24. The molecule has 0 saturated carbocycles. The zero-order valence-electron chi connectivity index (χ0n) is 9.89. The van der Waals surface area contributed by atoms with Crippen molar-refractivity contribution in [3.05, 3.63) is 34.4 Å². The van der Waals surface area contributed by atoms with Gasteiger partial charge in [0.1, 0.15) is 10.3 Å². The van der Waals surface area contributed by atoms with Crippen LogP contribution in [0.25, 0.3) is 11.3 Å². The van der Waals surface area contributed by atoms with Crippen molar-refractivity contribution in [2.24, 2.45) is 0 Å². The van der Waals surface area contributed by atoms with E-state index in [1.807, 2.05) is 13.8 Å². The molecule has 0 aliphatic rings. The minimum Gasteiger partial charge on any atom is -0.298 e. The summed E-state index contributed by atoms with van der Waals surface area (Å²) < 4.78 is 15.9. The molecule has 0 spiro atoms. The molecule has 0 radical (unpaired) electrons. The van der Waals surface area contributed by atoms with Gasteiger partial charge in [-0.2, -0.15) is 5.10 Å². The number of hydrogen-bond donors (Lipinski definition) is 0. The Balaban J connectivity index is 2.62. The van der Waals surface area contributed by atoms with Crippen LogP contribution >= 0.6 is 15.9 Å². The van der Waals surface area contributed by atoms with E-state index < -0.39 is 5.82 Å².